The summed E-state index contributed by atoms with van der Waals surface area (Å²) in [4.78, 5) is 2.51. The molecule has 1 heterocycles. The number of piperidine rings is 1. The fourth-order valence-electron chi connectivity index (χ4n) is 1.83. The highest BCUT2D eigenvalue weighted by atomic mass is 32.2. The molecule has 0 aromatic heterocycles. The number of thioether (sulfide) groups is 1. The van der Waals surface area contributed by atoms with E-state index in [-0.39, 0.29) is 5.54 Å². The van der Waals surface area contributed by atoms with Gasteiger partial charge >= 0.3 is 0 Å². The van der Waals surface area contributed by atoms with E-state index in [1.807, 2.05) is 6.26 Å². The number of thiocarbonyl (C=S) groups is 1. The lowest BCUT2D eigenvalue weighted by molar-refractivity contribution is 0.0473. The second-order valence-electron chi connectivity index (χ2n) is 4.93. The lowest BCUT2D eigenvalue weighted by Crippen LogP contribution is -2.47. The Hall–Kier alpha value is 0.200. The average molecular weight is 247 g/mol. The van der Waals surface area contributed by atoms with Crippen molar-refractivity contribution in [1.82, 2.24) is 4.90 Å². The van der Waals surface area contributed by atoms with Gasteiger partial charge in [0.05, 0.1) is 0 Å². The van der Waals surface area contributed by atoms with E-state index in [9.17, 15) is 0 Å². The minimum atomic E-state index is 0.283. The summed E-state index contributed by atoms with van der Waals surface area (Å²) < 4.78 is 6.35. The van der Waals surface area contributed by atoms with Crippen LogP contribution in [0.4, 0.5) is 0 Å². The van der Waals surface area contributed by atoms with Gasteiger partial charge in [0.15, 0.2) is 0 Å². The van der Waals surface area contributed by atoms with Crippen LogP contribution in [0.2, 0.25) is 0 Å². The highest BCUT2D eigenvalue weighted by Gasteiger charge is 2.27. The summed E-state index contributed by atoms with van der Waals surface area (Å²) in [7, 11) is 0. The molecule has 1 saturated heterocycles. The van der Waals surface area contributed by atoms with Gasteiger partial charge in [0.1, 0.15) is 6.10 Å². The van der Waals surface area contributed by atoms with Gasteiger partial charge in [-0.3, -0.25) is 4.90 Å². The van der Waals surface area contributed by atoms with Crippen LogP contribution in [-0.4, -0.2) is 40.3 Å². The summed E-state index contributed by atoms with van der Waals surface area (Å²) in [5.41, 5.74) is 0.283. The van der Waals surface area contributed by atoms with Crippen LogP contribution in [0.25, 0.3) is 0 Å². The molecule has 0 unspecified atom stereocenters. The van der Waals surface area contributed by atoms with Crippen LogP contribution in [0.1, 0.15) is 33.6 Å². The molecule has 1 aliphatic heterocycles. The van der Waals surface area contributed by atoms with Gasteiger partial charge in [-0.05, 0) is 52.1 Å². The molecule has 1 rings (SSSR count). The van der Waals surface area contributed by atoms with E-state index in [1.165, 1.54) is 11.8 Å². The van der Waals surface area contributed by atoms with E-state index in [0.29, 0.717) is 10.5 Å². The molecule has 1 aliphatic rings. The summed E-state index contributed by atoms with van der Waals surface area (Å²) in [6.45, 7) is 9.03. The topological polar surface area (TPSA) is 12.5 Å². The first-order chi connectivity index (χ1) is 6.93. The van der Waals surface area contributed by atoms with Crippen molar-refractivity contribution < 1.29 is 4.74 Å². The standard InChI is InChI=1S/C11H21NOS2/c1-11(2,3)12-7-5-9(6-8-12)13-10(14)15-4/h9H,5-8H2,1-4H3. The van der Waals surface area contributed by atoms with Crippen molar-refractivity contribution in [2.24, 2.45) is 0 Å². The van der Waals surface area contributed by atoms with Crippen molar-refractivity contribution in [2.75, 3.05) is 19.3 Å². The quantitative estimate of drug-likeness (QED) is 0.660. The van der Waals surface area contributed by atoms with Gasteiger partial charge in [0.2, 0.25) is 4.38 Å². The van der Waals surface area contributed by atoms with Crippen LogP contribution in [0.3, 0.4) is 0 Å². The molecule has 0 saturated carbocycles. The number of nitrogens with zero attached hydrogens (tertiary/aromatic N) is 1. The van der Waals surface area contributed by atoms with Gasteiger partial charge in [-0.25, -0.2) is 0 Å². The largest absolute Gasteiger partial charge is 0.475 e. The Morgan fingerprint density at radius 3 is 2.27 bits per heavy atom. The van der Waals surface area contributed by atoms with Crippen molar-refractivity contribution in [3.8, 4) is 0 Å². The zero-order valence-corrected chi connectivity index (χ0v) is 11.7. The number of ether oxygens (including phenoxy) is 1. The van der Waals surface area contributed by atoms with E-state index < -0.39 is 0 Å². The highest BCUT2D eigenvalue weighted by Crippen LogP contribution is 2.22. The number of hydrogen-bond acceptors (Lipinski definition) is 4. The molecular formula is C11H21NOS2. The Morgan fingerprint density at radius 1 is 1.33 bits per heavy atom. The molecule has 0 aliphatic carbocycles. The lowest BCUT2D eigenvalue weighted by Gasteiger charge is -2.40. The molecule has 88 valence electrons. The summed E-state index contributed by atoms with van der Waals surface area (Å²) in [5, 5.41) is 0. The molecule has 0 amide bonds. The van der Waals surface area contributed by atoms with Gasteiger partial charge in [-0.2, -0.15) is 0 Å². The SMILES string of the molecule is CSC(=S)OC1CCN(C(C)(C)C)CC1. The van der Waals surface area contributed by atoms with E-state index >= 15 is 0 Å². The maximum atomic E-state index is 5.67. The number of rotatable bonds is 1. The van der Waals surface area contributed by atoms with E-state index in [1.54, 1.807) is 0 Å². The van der Waals surface area contributed by atoms with Gasteiger partial charge < -0.3 is 4.74 Å². The normalized spacial score (nSPS) is 20.3. The first-order valence-electron chi connectivity index (χ1n) is 5.43. The van der Waals surface area contributed by atoms with E-state index in [2.05, 4.69) is 25.7 Å². The molecule has 0 aromatic carbocycles. The number of likely N-dealkylation sites (tertiary alicyclic amines) is 1. The lowest BCUT2D eigenvalue weighted by atomic mass is 9.99. The molecule has 0 radical (unpaired) electrons. The molecule has 1 fully saturated rings. The zero-order chi connectivity index (χ0) is 11.5. The maximum Gasteiger partial charge on any atom is 0.219 e. The minimum Gasteiger partial charge on any atom is -0.475 e. The summed E-state index contributed by atoms with van der Waals surface area (Å²) in [5.74, 6) is 0. The van der Waals surface area contributed by atoms with Crippen molar-refractivity contribution in [2.45, 2.75) is 45.3 Å². The van der Waals surface area contributed by atoms with Crippen molar-refractivity contribution >= 4 is 28.4 Å². The summed E-state index contributed by atoms with van der Waals surface area (Å²) in [6, 6.07) is 0. The molecule has 0 spiro atoms. The Kier molecular flexibility index (Phi) is 4.87. The molecule has 0 aromatic rings. The van der Waals surface area contributed by atoms with Crippen LogP contribution >= 0.6 is 24.0 Å². The van der Waals surface area contributed by atoms with Crippen LogP contribution in [0.5, 0.6) is 0 Å². The van der Waals surface area contributed by atoms with Crippen LogP contribution in [0.15, 0.2) is 0 Å². The maximum absolute atomic E-state index is 5.67. The summed E-state index contributed by atoms with van der Waals surface area (Å²) in [6.07, 6.45) is 4.49. The first kappa shape index (κ1) is 13.3. The second-order valence-corrected chi connectivity index (χ2v) is 6.34. The van der Waals surface area contributed by atoms with Gasteiger partial charge in [0, 0.05) is 18.6 Å². The van der Waals surface area contributed by atoms with Crippen LogP contribution in [-0.2, 0) is 4.74 Å². The fraction of sp³-hybridized carbons (Fsp3) is 0.909. The second kappa shape index (κ2) is 5.51. The Morgan fingerprint density at radius 2 is 1.87 bits per heavy atom. The fourth-order valence-corrected chi connectivity index (χ4v) is 2.20. The Bertz CT molecular complexity index is 217. The molecule has 0 bridgehead atoms. The monoisotopic (exact) mass is 247 g/mol. The van der Waals surface area contributed by atoms with Crippen molar-refractivity contribution in [3.05, 3.63) is 0 Å². The third-order valence-electron chi connectivity index (χ3n) is 2.82. The summed E-state index contributed by atoms with van der Waals surface area (Å²) >= 11 is 6.59. The molecule has 0 N–H and O–H groups in total. The third-order valence-corrected chi connectivity index (χ3v) is 3.85. The Balaban J connectivity index is 2.33. The number of hydrogen-bond donors (Lipinski definition) is 0. The van der Waals surface area contributed by atoms with E-state index in [4.69, 9.17) is 17.0 Å². The minimum absolute atomic E-state index is 0.283. The van der Waals surface area contributed by atoms with Gasteiger partial charge in [0.25, 0.3) is 0 Å². The highest BCUT2D eigenvalue weighted by molar-refractivity contribution is 8.22. The average Bonchev–Trinajstić information content (AvgIpc) is 2.17. The molecule has 2 nitrogen and oxygen atoms in total. The predicted octanol–water partition coefficient (Wildman–Crippen LogP) is 2.91. The van der Waals surface area contributed by atoms with Crippen LogP contribution in [0, 0.1) is 0 Å². The Labute approximate surface area is 103 Å². The van der Waals surface area contributed by atoms with Gasteiger partial charge in [-0.15, -0.1) is 0 Å². The first-order valence-corrected chi connectivity index (χ1v) is 7.06. The van der Waals surface area contributed by atoms with Crippen molar-refractivity contribution in [3.63, 3.8) is 0 Å². The smallest absolute Gasteiger partial charge is 0.219 e. The van der Waals surface area contributed by atoms with Gasteiger partial charge in [-0.1, -0.05) is 11.8 Å². The van der Waals surface area contributed by atoms with Crippen molar-refractivity contribution in [1.29, 1.82) is 0 Å². The molecule has 0 atom stereocenters. The molecule has 4 heteroatoms. The predicted molar refractivity (Wildman–Crippen MR) is 71.5 cm³/mol. The van der Waals surface area contributed by atoms with Crippen LogP contribution < -0.4 is 0 Å². The zero-order valence-electron chi connectivity index (χ0n) is 10.1. The molecular weight excluding hydrogens is 226 g/mol. The third kappa shape index (κ3) is 4.29. The molecule has 15 heavy (non-hydrogen) atoms. The van der Waals surface area contributed by atoms with E-state index in [0.717, 1.165) is 25.9 Å².